The molecule has 0 saturated carbocycles. The van der Waals surface area contributed by atoms with Gasteiger partial charge in [0.1, 0.15) is 5.78 Å². The zero-order valence-electron chi connectivity index (χ0n) is 10.5. The number of benzene rings is 1. The third-order valence-electron chi connectivity index (χ3n) is 2.58. The maximum Gasteiger partial charge on any atom is 0.137 e. The van der Waals surface area contributed by atoms with Crippen LogP contribution in [0.5, 0.6) is 0 Å². The summed E-state index contributed by atoms with van der Waals surface area (Å²) in [6, 6.07) is 8.57. The molecule has 0 fully saturated rings. The average Bonchev–Trinajstić information content (AvgIpc) is 2.43. The van der Waals surface area contributed by atoms with Gasteiger partial charge in [-0.2, -0.15) is 0 Å². The first kappa shape index (κ1) is 14.9. The molecule has 1 atom stereocenters. The van der Waals surface area contributed by atoms with Gasteiger partial charge in [0.2, 0.25) is 0 Å². The number of carbonyl (C=O) groups is 1. The molecule has 1 unspecified atom stereocenters. The molecular weight excluding hydrogens is 250 g/mol. The summed E-state index contributed by atoms with van der Waals surface area (Å²) in [6.45, 7) is 2.01. The molecule has 0 aliphatic carbocycles. The maximum absolute atomic E-state index is 12.4. The van der Waals surface area contributed by atoms with E-state index in [1.165, 1.54) is 5.37 Å². The van der Waals surface area contributed by atoms with Gasteiger partial charge in [0.25, 0.3) is 0 Å². The van der Waals surface area contributed by atoms with Gasteiger partial charge < -0.3 is 5.21 Å². The second kappa shape index (κ2) is 7.31. The van der Waals surface area contributed by atoms with Crippen molar-refractivity contribution >= 4 is 20.9 Å². The fraction of sp³-hybridized carbons (Fsp3) is 0.385. The molecule has 5 heteroatoms. The highest BCUT2D eigenvalue weighted by atomic mass is 32.2. The lowest BCUT2D eigenvalue weighted by atomic mass is 10.1. The van der Waals surface area contributed by atoms with Gasteiger partial charge in [-0.3, -0.25) is 4.79 Å². The van der Waals surface area contributed by atoms with Crippen LogP contribution in [0, 0.1) is 0 Å². The van der Waals surface area contributed by atoms with Crippen molar-refractivity contribution in [1.82, 2.24) is 4.89 Å². The van der Waals surface area contributed by atoms with E-state index in [1.807, 2.05) is 11.8 Å². The third-order valence-corrected chi connectivity index (χ3v) is 4.46. The van der Waals surface area contributed by atoms with E-state index in [0.717, 1.165) is 12.8 Å². The van der Waals surface area contributed by atoms with Crippen LogP contribution in [-0.4, -0.2) is 20.6 Å². The Kier molecular flexibility index (Phi) is 6.04. The Labute approximate surface area is 108 Å². The molecule has 0 aliphatic rings. The molecule has 1 aromatic rings. The number of carbonyl (C=O) groups excluding carboxylic acids is 1. The second-order valence-corrected chi connectivity index (χ2v) is 6.21. The van der Waals surface area contributed by atoms with E-state index in [2.05, 4.69) is 0 Å². The number of unbranched alkanes of at least 4 members (excludes halogenated alkanes) is 1. The Balaban J connectivity index is 2.83. The average molecular weight is 269 g/mol. The van der Waals surface area contributed by atoms with Crippen molar-refractivity contribution in [3.05, 3.63) is 30.3 Å². The predicted octanol–water partition coefficient (Wildman–Crippen LogP) is 2.18. The van der Waals surface area contributed by atoms with Crippen LogP contribution in [0.25, 0.3) is 0 Å². The monoisotopic (exact) mass is 269 g/mol. The predicted molar refractivity (Wildman–Crippen MR) is 73.0 cm³/mol. The van der Waals surface area contributed by atoms with Crippen LogP contribution < -0.4 is 4.89 Å². The highest BCUT2D eigenvalue weighted by molar-refractivity contribution is 7.99. The molecule has 0 heterocycles. The topological polar surface area (TPSA) is 66.4 Å². The zero-order chi connectivity index (χ0) is 13.4. The summed E-state index contributed by atoms with van der Waals surface area (Å²) in [6.07, 6.45) is 2.38. The molecule has 0 aromatic heterocycles. The van der Waals surface area contributed by atoms with Gasteiger partial charge >= 0.3 is 0 Å². The molecule has 18 heavy (non-hydrogen) atoms. The molecule has 0 spiro atoms. The molecule has 2 N–H and O–H groups in total. The molecule has 0 saturated heterocycles. The van der Waals surface area contributed by atoms with E-state index < -0.39 is 9.71 Å². The molecule has 1 rings (SSSR count). The summed E-state index contributed by atoms with van der Waals surface area (Å²) in [5, 5.41) is 10.4. The van der Waals surface area contributed by atoms with E-state index in [4.69, 9.17) is 5.21 Å². The van der Waals surface area contributed by atoms with E-state index in [1.54, 1.807) is 30.3 Å². The van der Waals surface area contributed by atoms with Crippen LogP contribution in [0.3, 0.4) is 0 Å². The number of rotatable bonds is 7. The van der Waals surface area contributed by atoms with Gasteiger partial charge in [0, 0.05) is 17.7 Å². The van der Waals surface area contributed by atoms with Crippen LogP contribution in [0.4, 0.5) is 0 Å². The zero-order valence-corrected chi connectivity index (χ0v) is 11.3. The normalized spacial score (nSPS) is 13.9. The highest BCUT2D eigenvalue weighted by Gasteiger charge is 2.09. The smallest absolute Gasteiger partial charge is 0.137 e. The first-order chi connectivity index (χ1) is 8.62. The number of hydrogen-bond acceptors (Lipinski definition) is 3. The van der Waals surface area contributed by atoms with Crippen LogP contribution in [0.1, 0.15) is 32.6 Å². The lowest BCUT2D eigenvalue weighted by Crippen LogP contribution is -2.22. The van der Waals surface area contributed by atoms with Crippen LogP contribution in [-0.2, 0) is 14.5 Å². The summed E-state index contributed by atoms with van der Waals surface area (Å²) in [4.78, 5) is 13.8. The van der Waals surface area contributed by atoms with Gasteiger partial charge in [-0.15, -0.1) is 4.89 Å². The summed E-state index contributed by atoms with van der Waals surface area (Å²) >= 11 is 0. The molecule has 0 amide bonds. The number of ketones is 1. The van der Waals surface area contributed by atoms with Crippen molar-refractivity contribution < 1.29 is 14.2 Å². The van der Waals surface area contributed by atoms with Crippen molar-refractivity contribution in [1.29, 1.82) is 0 Å². The van der Waals surface area contributed by atoms with Crippen molar-refractivity contribution in [2.75, 3.05) is 0 Å². The molecule has 0 bridgehead atoms. The molecule has 4 nitrogen and oxygen atoms in total. The number of Topliss-reactive ketones (excluding diaryl/α,β-unsaturated/α-hetero) is 1. The van der Waals surface area contributed by atoms with Crippen molar-refractivity contribution in [3.8, 4) is 0 Å². The van der Waals surface area contributed by atoms with Gasteiger partial charge in [-0.1, -0.05) is 31.5 Å². The Morgan fingerprint density at radius 1 is 1.39 bits per heavy atom. The molecule has 0 aliphatic heterocycles. The number of nitrogens with one attached hydrogen (secondary N) is 1. The van der Waals surface area contributed by atoms with Crippen LogP contribution in [0.15, 0.2) is 35.2 Å². The quantitative estimate of drug-likeness (QED) is 0.589. The lowest BCUT2D eigenvalue weighted by molar-refractivity contribution is -0.117. The second-order valence-electron chi connectivity index (χ2n) is 4.02. The Hall–Kier alpha value is -1.17. The Bertz CT molecular complexity index is 490. The van der Waals surface area contributed by atoms with E-state index in [9.17, 15) is 9.00 Å². The van der Waals surface area contributed by atoms with Crippen LogP contribution >= 0.6 is 0 Å². The summed E-state index contributed by atoms with van der Waals surface area (Å²) in [5.74, 6) is 0.0377. The molecule has 0 radical (unpaired) electrons. The fourth-order valence-corrected chi connectivity index (χ4v) is 2.85. The van der Waals surface area contributed by atoms with Crippen molar-refractivity contribution in [2.45, 2.75) is 37.5 Å². The van der Waals surface area contributed by atoms with Gasteiger partial charge in [0.05, 0.1) is 9.71 Å². The first-order valence-corrected chi connectivity index (χ1v) is 7.59. The third kappa shape index (κ3) is 4.25. The summed E-state index contributed by atoms with van der Waals surface area (Å²) < 4.78 is 12.4. The van der Waals surface area contributed by atoms with E-state index >= 15 is 0 Å². The van der Waals surface area contributed by atoms with E-state index in [-0.39, 0.29) is 12.2 Å². The van der Waals surface area contributed by atoms with Gasteiger partial charge in [0.15, 0.2) is 0 Å². The Morgan fingerprint density at radius 2 is 2.06 bits per heavy atom. The first-order valence-electron chi connectivity index (χ1n) is 5.97. The highest BCUT2D eigenvalue weighted by Crippen LogP contribution is 2.08. The standard InChI is InChI=1S/C13H19NO3S/c1-2-3-7-12(15)10-11-18(17,14-16)13-8-5-4-6-9-13/h4-6,8-9,11,16H,2-3,7,10H2,1H3,(H,14,17). The largest absolute Gasteiger partial charge is 0.304 e. The van der Waals surface area contributed by atoms with Gasteiger partial charge in [-0.25, -0.2) is 4.21 Å². The van der Waals surface area contributed by atoms with Gasteiger partial charge in [-0.05, 0) is 23.9 Å². The molecular formula is C13H19NO3S. The summed E-state index contributed by atoms with van der Waals surface area (Å²) in [5.41, 5.74) is 0. The van der Waals surface area contributed by atoms with Crippen LogP contribution in [0.2, 0.25) is 0 Å². The molecule has 1 aromatic carbocycles. The number of hydrogen-bond donors (Lipinski definition) is 2. The minimum absolute atomic E-state index is 0.0377. The van der Waals surface area contributed by atoms with E-state index in [0.29, 0.717) is 11.3 Å². The fourth-order valence-electron chi connectivity index (χ4n) is 1.50. The van der Waals surface area contributed by atoms with Crippen molar-refractivity contribution in [3.63, 3.8) is 0 Å². The minimum Gasteiger partial charge on any atom is -0.304 e. The Morgan fingerprint density at radius 3 is 2.61 bits per heavy atom. The lowest BCUT2D eigenvalue weighted by Gasteiger charge is -2.08. The molecule has 100 valence electrons. The SMILES string of the molecule is CCCCC(=O)CC=S(=O)(NO)c1ccccc1. The minimum atomic E-state index is -2.87. The maximum atomic E-state index is 12.4. The summed E-state index contributed by atoms with van der Waals surface area (Å²) in [7, 11) is -2.87. The van der Waals surface area contributed by atoms with Crippen molar-refractivity contribution in [2.24, 2.45) is 0 Å².